The molecule has 10 heteroatoms. The number of carbonyl (C=O) groups excluding carboxylic acids is 2. The monoisotopic (exact) mass is 388 g/mol. The number of esters is 1. The van der Waals surface area contributed by atoms with Crippen molar-refractivity contribution in [2.75, 3.05) is 11.9 Å². The molecule has 3 aromatic rings. The summed E-state index contributed by atoms with van der Waals surface area (Å²) in [6.07, 6.45) is 1.65. The summed E-state index contributed by atoms with van der Waals surface area (Å²) in [5.74, 6) is 0.349. The first-order valence-corrected chi connectivity index (χ1v) is 9.19. The van der Waals surface area contributed by atoms with Crippen LogP contribution >= 0.6 is 11.3 Å². The number of ether oxygens (including phenoxy) is 1. The van der Waals surface area contributed by atoms with E-state index in [9.17, 15) is 14.4 Å². The molecule has 1 N–H and O–H groups in total. The van der Waals surface area contributed by atoms with Crippen LogP contribution in [0.25, 0.3) is 10.2 Å². The normalized spacial score (nSPS) is 13.0. The Labute approximate surface area is 156 Å². The average molecular weight is 388 g/mol. The molecule has 9 nitrogen and oxygen atoms in total. The molecule has 0 radical (unpaired) electrons. The van der Waals surface area contributed by atoms with E-state index >= 15 is 0 Å². The van der Waals surface area contributed by atoms with Crippen LogP contribution in [0.1, 0.15) is 33.2 Å². The van der Waals surface area contributed by atoms with Gasteiger partial charge < -0.3 is 14.6 Å². The Morgan fingerprint density at radius 1 is 1.41 bits per heavy atom. The van der Waals surface area contributed by atoms with E-state index in [1.165, 1.54) is 0 Å². The Balaban J connectivity index is 1.51. The van der Waals surface area contributed by atoms with Gasteiger partial charge in [0.25, 0.3) is 11.5 Å². The number of thiophene rings is 1. The number of rotatable bonds is 4. The van der Waals surface area contributed by atoms with Crippen molar-refractivity contribution in [1.82, 2.24) is 14.7 Å². The van der Waals surface area contributed by atoms with Gasteiger partial charge >= 0.3 is 5.97 Å². The fourth-order valence-electron chi connectivity index (χ4n) is 3.07. The number of anilines is 1. The van der Waals surface area contributed by atoms with Crippen LogP contribution in [0.4, 0.5) is 5.82 Å². The van der Waals surface area contributed by atoms with E-state index < -0.39 is 18.5 Å². The molecule has 0 aliphatic carbocycles. The van der Waals surface area contributed by atoms with Gasteiger partial charge in [0.05, 0.1) is 5.39 Å². The topological polar surface area (TPSA) is 116 Å². The van der Waals surface area contributed by atoms with Gasteiger partial charge in [-0.1, -0.05) is 5.16 Å². The molecule has 0 saturated carbocycles. The van der Waals surface area contributed by atoms with Crippen LogP contribution < -0.4 is 10.9 Å². The Bertz CT molecular complexity index is 1130. The zero-order valence-electron chi connectivity index (χ0n) is 14.7. The summed E-state index contributed by atoms with van der Waals surface area (Å²) in [4.78, 5) is 42.2. The highest BCUT2D eigenvalue weighted by Gasteiger charge is 2.24. The zero-order chi connectivity index (χ0) is 19.1. The van der Waals surface area contributed by atoms with Crippen molar-refractivity contribution in [3.63, 3.8) is 0 Å². The van der Waals surface area contributed by atoms with Crippen molar-refractivity contribution in [2.24, 2.45) is 0 Å². The van der Waals surface area contributed by atoms with E-state index in [0.717, 1.165) is 30.0 Å². The summed E-state index contributed by atoms with van der Waals surface area (Å²) in [7, 11) is 0. The first-order valence-electron chi connectivity index (χ1n) is 8.37. The van der Waals surface area contributed by atoms with Crippen LogP contribution in [0, 0.1) is 13.8 Å². The Kier molecular flexibility index (Phi) is 4.27. The molecule has 3 aromatic heterocycles. The van der Waals surface area contributed by atoms with Crippen molar-refractivity contribution in [2.45, 2.75) is 33.2 Å². The molecule has 0 fully saturated rings. The van der Waals surface area contributed by atoms with Gasteiger partial charge in [0.2, 0.25) is 0 Å². The smallest absolute Gasteiger partial charge is 0.349 e. The van der Waals surface area contributed by atoms with Crippen molar-refractivity contribution in [3.8, 4) is 0 Å². The third-order valence-corrected chi connectivity index (χ3v) is 5.49. The third-order valence-electron chi connectivity index (χ3n) is 4.33. The highest BCUT2D eigenvalue weighted by Crippen LogP contribution is 2.29. The summed E-state index contributed by atoms with van der Waals surface area (Å²) < 4.78 is 11.6. The van der Waals surface area contributed by atoms with E-state index in [-0.39, 0.29) is 16.3 Å². The first-order chi connectivity index (χ1) is 12.9. The van der Waals surface area contributed by atoms with Gasteiger partial charge in [-0.15, -0.1) is 11.3 Å². The standard InChI is InChI=1S/C17H16N4O5S/c1-8-6-10(20-26-8)18-12(22)7-25-17(24)14-9(2)13-15(27-14)19-11-4-3-5-21(11)16(13)23/h6H,3-5,7H2,1-2H3,(H,18,20,22). The number of hydrogen-bond acceptors (Lipinski definition) is 8. The molecule has 27 heavy (non-hydrogen) atoms. The number of aryl methyl sites for hydroxylation is 3. The molecule has 4 rings (SSSR count). The predicted molar refractivity (Wildman–Crippen MR) is 97.1 cm³/mol. The minimum absolute atomic E-state index is 0.126. The van der Waals surface area contributed by atoms with E-state index in [2.05, 4.69) is 15.5 Å². The van der Waals surface area contributed by atoms with Crippen LogP contribution in [0.2, 0.25) is 0 Å². The highest BCUT2D eigenvalue weighted by molar-refractivity contribution is 7.20. The van der Waals surface area contributed by atoms with Gasteiger partial charge in [0.1, 0.15) is 21.3 Å². The van der Waals surface area contributed by atoms with Crippen LogP contribution in [-0.2, 0) is 22.5 Å². The molecular formula is C17H16N4O5S. The molecule has 0 aromatic carbocycles. The maximum absolute atomic E-state index is 12.6. The molecule has 0 bridgehead atoms. The van der Waals surface area contributed by atoms with Gasteiger partial charge in [0, 0.05) is 19.0 Å². The predicted octanol–water partition coefficient (Wildman–Crippen LogP) is 1.80. The van der Waals surface area contributed by atoms with Crippen LogP contribution in [0.5, 0.6) is 0 Å². The molecule has 1 aliphatic heterocycles. The van der Waals surface area contributed by atoms with Crippen molar-refractivity contribution in [1.29, 1.82) is 0 Å². The lowest BCUT2D eigenvalue weighted by Crippen LogP contribution is -2.21. The van der Waals surface area contributed by atoms with E-state index in [4.69, 9.17) is 9.26 Å². The molecule has 0 spiro atoms. The molecule has 1 aliphatic rings. The summed E-state index contributed by atoms with van der Waals surface area (Å²) in [5, 5.41) is 6.54. The van der Waals surface area contributed by atoms with Gasteiger partial charge in [-0.25, -0.2) is 9.78 Å². The molecule has 1 amide bonds. The van der Waals surface area contributed by atoms with Crippen molar-refractivity contribution >= 4 is 39.2 Å². The Morgan fingerprint density at radius 3 is 2.96 bits per heavy atom. The highest BCUT2D eigenvalue weighted by atomic mass is 32.1. The van der Waals surface area contributed by atoms with E-state index in [1.54, 1.807) is 24.5 Å². The maximum atomic E-state index is 12.6. The molecular weight excluding hydrogens is 372 g/mol. The summed E-state index contributed by atoms with van der Waals surface area (Å²) in [5.41, 5.74) is 0.409. The number of hydrogen-bond donors (Lipinski definition) is 1. The number of aromatic nitrogens is 3. The van der Waals surface area contributed by atoms with Crippen LogP contribution in [0.15, 0.2) is 15.4 Å². The number of fused-ring (bicyclic) bond motifs is 2. The van der Waals surface area contributed by atoms with Gasteiger partial charge in [-0.05, 0) is 25.8 Å². The average Bonchev–Trinajstić information content (AvgIpc) is 3.33. The first kappa shape index (κ1) is 17.4. The second-order valence-corrected chi connectivity index (χ2v) is 7.27. The van der Waals surface area contributed by atoms with Crippen molar-refractivity contribution in [3.05, 3.63) is 38.4 Å². The van der Waals surface area contributed by atoms with Crippen LogP contribution in [0.3, 0.4) is 0 Å². The fraction of sp³-hybridized carbons (Fsp3) is 0.353. The lowest BCUT2D eigenvalue weighted by molar-refractivity contribution is -0.119. The van der Waals surface area contributed by atoms with Gasteiger partial charge in [0.15, 0.2) is 12.4 Å². The number of nitrogens with one attached hydrogen (secondary N) is 1. The summed E-state index contributed by atoms with van der Waals surface area (Å²) in [6, 6.07) is 1.55. The number of nitrogens with zero attached hydrogens (tertiary/aromatic N) is 3. The Morgan fingerprint density at radius 2 is 2.22 bits per heavy atom. The lowest BCUT2D eigenvalue weighted by atomic mass is 10.2. The minimum Gasteiger partial charge on any atom is -0.451 e. The summed E-state index contributed by atoms with van der Waals surface area (Å²) in [6.45, 7) is 3.56. The molecule has 0 unspecified atom stereocenters. The minimum atomic E-state index is -0.661. The van der Waals surface area contributed by atoms with Gasteiger partial charge in [-0.3, -0.25) is 14.2 Å². The maximum Gasteiger partial charge on any atom is 0.349 e. The third kappa shape index (κ3) is 3.12. The number of amides is 1. The zero-order valence-corrected chi connectivity index (χ0v) is 15.5. The molecule has 0 atom stereocenters. The SMILES string of the molecule is Cc1cc(NC(=O)COC(=O)c2sc3nc4n(c(=O)c3c2C)CCC4)no1. The Hall–Kier alpha value is -3.01. The molecule has 4 heterocycles. The largest absolute Gasteiger partial charge is 0.451 e. The van der Waals surface area contributed by atoms with Gasteiger partial charge in [-0.2, -0.15) is 0 Å². The van der Waals surface area contributed by atoms with E-state index in [1.807, 2.05) is 0 Å². The van der Waals surface area contributed by atoms with E-state index in [0.29, 0.717) is 28.1 Å². The second-order valence-electron chi connectivity index (χ2n) is 6.27. The molecule has 0 saturated heterocycles. The number of carbonyl (C=O) groups is 2. The fourth-order valence-corrected chi connectivity index (χ4v) is 4.16. The molecule has 140 valence electrons. The second kappa shape index (κ2) is 6.62. The quantitative estimate of drug-likeness (QED) is 0.678. The summed E-state index contributed by atoms with van der Waals surface area (Å²) >= 11 is 1.11. The van der Waals surface area contributed by atoms with Crippen LogP contribution in [-0.4, -0.2) is 33.2 Å². The van der Waals surface area contributed by atoms with Crippen molar-refractivity contribution < 1.29 is 18.8 Å². The lowest BCUT2D eigenvalue weighted by Gasteiger charge is -2.04.